The number of nitrogens with zero attached hydrogens (tertiary/aromatic N) is 2. The highest BCUT2D eigenvalue weighted by Gasteiger charge is 2.28. The Balaban J connectivity index is 1.71. The van der Waals surface area contributed by atoms with Crippen LogP contribution in [0.4, 0.5) is 14.6 Å². The molecule has 24 heavy (non-hydrogen) atoms. The predicted octanol–water partition coefficient (Wildman–Crippen LogP) is 5.25. The number of aromatic nitrogens is 2. The Bertz CT molecular complexity index is 659. The van der Waals surface area contributed by atoms with Crippen LogP contribution in [0.1, 0.15) is 44.6 Å². The summed E-state index contributed by atoms with van der Waals surface area (Å²) in [4.78, 5) is 8.67. The molecule has 1 aromatic heterocycles. The van der Waals surface area contributed by atoms with E-state index in [-0.39, 0.29) is 5.56 Å². The van der Waals surface area contributed by atoms with E-state index in [1.54, 1.807) is 30.6 Å². The molecule has 0 unspecified atom stereocenters. The molecule has 0 saturated heterocycles. The lowest BCUT2D eigenvalue weighted by Crippen LogP contribution is -2.17. The van der Waals surface area contributed by atoms with Gasteiger partial charge in [-0.2, -0.15) is 0 Å². The summed E-state index contributed by atoms with van der Waals surface area (Å²) in [5.74, 6) is -1.51. The molecule has 0 spiro atoms. The third-order valence-electron chi connectivity index (χ3n) is 4.62. The largest absolute Gasteiger partial charge is 0.369 e. The Morgan fingerprint density at radius 1 is 1.08 bits per heavy atom. The molecule has 5 heteroatoms. The Morgan fingerprint density at radius 2 is 1.83 bits per heavy atom. The van der Waals surface area contributed by atoms with Crippen molar-refractivity contribution in [3.05, 3.63) is 42.2 Å². The highest BCUT2D eigenvalue weighted by atomic mass is 19.3. The lowest BCUT2D eigenvalue weighted by atomic mass is 9.89. The molecule has 1 aromatic carbocycles. The van der Waals surface area contributed by atoms with E-state index in [1.807, 2.05) is 0 Å². The lowest BCUT2D eigenvalue weighted by molar-refractivity contribution is 0.0181. The average Bonchev–Trinajstić information content (AvgIpc) is 2.61. The maximum atomic E-state index is 13.7. The first kappa shape index (κ1) is 16.8. The van der Waals surface area contributed by atoms with Crippen molar-refractivity contribution in [2.75, 3.05) is 11.9 Å². The molecule has 0 atom stereocenters. The number of benzene rings is 1. The zero-order chi connectivity index (χ0) is 17.0. The van der Waals surface area contributed by atoms with Gasteiger partial charge in [0.25, 0.3) is 5.92 Å². The van der Waals surface area contributed by atoms with Crippen molar-refractivity contribution < 1.29 is 8.78 Å². The minimum absolute atomic E-state index is 0.0257. The number of hydrogen-bond donors (Lipinski definition) is 1. The zero-order valence-corrected chi connectivity index (χ0v) is 13.9. The molecule has 1 fully saturated rings. The van der Waals surface area contributed by atoms with E-state index in [4.69, 9.17) is 0 Å². The summed E-state index contributed by atoms with van der Waals surface area (Å²) < 4.78 is 27.5. The highest BCUT2D eigenvalue weighted by Crippen LogP contribution is 2.34. The van der Waals surface area contributed by atoms with Gasteiger partial charge in [-0.15, -0.1) is 0 Å². The Labute approximate surface area is 141 Å². The van der Waals surface area contributed by atoms with Crippen LogP contribution in [0.3, 0.4) is 0 Å². The number of rotatable bonds is 5. The van der Waals surface area contributed by atoms with Gasteiger partial charge in [-0.05, 0) is 18.8 Å². The average molecular weight is 331 g/mol. The molecule has 3 rings (SSSR count). The fourth-order valence-corrected chi connectivity index (χ4v) is 3.29. The molecule has 128 valence electrons. The van der Waals surface area contributed by atoms with E-state index < -0.39 is 5.92 Å². The van der Waals surface area contributed by atoms with Gasteiger partial charge in [-0.1, -0.05) is 43.5 Å². The normalized spacial score (nSPS) is 16.1. The second-order valence-electron chi connectivity index (χ2n) is 6.61. The minimum Gasteiger partial charge on any atom is -0.369 e. The van der Waals surface area contributed by atoms with Gasteiger partial charge < -0.3 is 5.32 Å². The first-order valence-electron chi connectivity index (χ1n) is 8.57. The summed E-state index contributed by atoms with van der Waals surface area (Å²) in [5.41, 5.74) is 0.869. The van der Waals surface area contributed by atoms with Gasteiger partial charge >= 0.3 is 0 Å². The smallest absolute Gasteiger partial charge is 0.271 e. The van der Waals surface area contributed by atoms with Crippen LogP contribution in [0.5, 0.6) is 0 Å². The third-order valence-corrected chi connectivity index (χ3v) is 4.62. The molecule has 0 radical (unpaired) electrons. The molecule has 1 aliphatic rings. The van der Waals surface area contributed by atoms with Crippen molar-refractivity contribution in [2.24, 2.45) is 5.92 Å². The zero-order valence-electron chi connectivity index (χ0n) is 13.9. The molecule has 1 saturated carbocycles. The summed E-state index contributed by atoms with van der Waals surface area (Å²) in [6, 6.07) is 6.45. The van der Waals surface area contributed by atoms with Crippen molar-refractivity contribution in [3.63, 3.8) is 0 Å². The van der Waals surface area contributed by atoms with E-state index in [2.05, 4.69) is 15.3 Å². The number of nitrogens with one attached hydrogen (secondary N) is 1. The lowest BCUT2D eigenvalue weighted by Gasteiger charge is -2.21. The number of alkyl halides is 2. The fraction of sp³-hybridized carbons (Fsp3) is 0.474. The van der Waals surface area contributed by atoms with Gasteiger partial charge in [0.05, 0.1) is 18.1 Å². The maximum absolute atomic E-state index is 13.7. The standard InChI is InChI=1S/C19H23F2N3/c1-19(20,21)16-10-6-5-9-15(16)17-12-24-18(13-22-17)23-11-14-7-3-2-4-8-14/h5-6,9-10,12-14H,2-4,7-8,11H2,1H3,(H,23,24). The van der Waals surface area contributed by atoms with Gasteiger partial charge in [-0.25, -0.2) is 13.8 Å². The van der Waals surface area contributed by atoms with Gasteiger partial charge in [-0.3, -0.25) is 4.98 Å². The molecule has 0 aliphatic heterocycles. The molecule has 1 N–H and O–H groups in total. The summed E-state index contributed by atoms with van der Waals surface area (Å²) >= 11 is 0. The molecular formula is C19H23F2N3. The van der Waals surface area contributed by atoms with Crippen molar-refractivity contribution in [1.29, 1.82) is 0 Å². The Hall–Kier alpha value is -2.04. The van der Waals surface area contributed by atoms with Gasteiger partial charge in [0.1, 0.15) is 5.82 Å². The predicted molar refractivity (Wildman–Crippen MR) is 92.1 cm³/mol. The summed E-state index contributed by atoms with van der Waals surface area (Å²) in [6.45, 7) is 1.80. The number of anilines is 1. The van der Waals surface area contributed by atoms with E-state index in [9.17, 15) is 8.78 Å². The first-order valence-corrected chi connectivity index (χ1v) is 8.57. The monoisotopic (exact) mass is 331 g/mol. The second kappa shape index (κ2) is 7.24. The fourth-order valence-electron chi connectivity index (χ4n) is 3.29. The van der Waals surface area contributed by atoms with E-state index in [0.717, 1.165) is 13.5 Å². The molecule has 0 bridgehead atoms. The van der Waals surface area contributed by atoms with Gasteiger partial charge in [0, 0.05) is 24.6 Å². The van der Waals surface area contributed by atoms with Crippen LogP contribution in [-0.4, -0.2) is 16.5 Å². The molecular weight excluding hydrogens is 308 g/mol. The molecule has 0 amide bonds. The van der Waals surface area contributed by atoms with E-state index >= 15 is 0 Å². The first-order chi connectivity index (χ1) is 11.5. The molecule has 1 heterocycles. The van der Waals surface area contributed by atoms with Crippen LogP contribution in [0.15, 0.2) is 36.7 Å². The van der Waals surface area contributed by atoms with Crippen molar-refractivity contribution in [1.82, 2.24) is 9.97 Å². The summed E-state index contributed by atoms with van der Waals surface area (Å²) in [7, 11) is 0. The third kappa shape index (κ3) is 4.08. The Morgan fingerprint density at radius 3 is 2.50 bits per heavy atom. The van der Waals surface area contributed by atoms with E-state index in [1.165, 1.54) is 38.2 Å². The number of hydrogen-bond acceptors (Lipinski definition) is 3. The molecule has 1 aliphatic carbocycles. The van der Waals surface area contributed by atoms with E-state index in [0.29, 0.717) is 23.0 Å². The van der Waals surface area contributed by atoms with Crippen LogP contribution in [0, 0.1) is 5.92 Å². The Kier molecular flexibility index (Phi) is 5.07. The minimum atomic E-state index is -2.91. The van der Waals surface area contributed by atoms with Crippen LogP contribution >= 0.6 is 0 Å². The van der Waals surface area contributed by atoms with Crippen LogP contribution in [0.25, 0.3) is 11.3 Å². The summed E-state index contributed by atoms with van der Waals surface area (Å²) in [6.07, 6.45) is 9.66. The van der Waals surface area contributed by atoms with Crippen LogP contribution in [-0.2, 0) is 5.92 Å². The topological polar surface area (TPSA) is 37.8 Å². The van der Waals surface area contributed by atoms with Crippen molar-refractivity contribution in [3.8, 4) is 11.3 Å². The quantitative estimate of drug-likeness (QED) is 0.813. The molecule has 3 nitrogen and oxygen atoms in total. The second-order valence-corrected chi connectivity index (χ2v) is 6.61. The SMILES string of the molecule is CC(F)(F)c1ccccc1-c1cnc(NCC2CCCCC2)cn1. The van der Waals surface area contributed by atoms with Gasteiger partial charge in [0.2, 0.25) is 0 Å². The van der Waals surface area contributed by atoms with Crippen molar-refractivity contribution in [2.45, 2.75) is 45.0 Å². The summed E-state index contributed by atoms with van der Waals surface area (Å²) in [5, 5.41) is 3.32. The van der Waals surface area contributed by atoms with Crippen LogP contribution < -0.4 is 5.32 Å². The highest BCUT2D eigenvalue weighted by molar-refractivity contribution is 5.64. The van der Waals surface area contributed by atoms with Crippen LogP contribution in [0.2, 0.25) is 0 Å². The van der Waals surface area contributed by atoms with Gasteiger partial charge in [0.15, 0.2) is 0 Å². The molecule has 2 aromatic rings. The van der Waals surface area contributed by atoms with Crippen molar-refractivity contribution >= 4 is 5.82 Å². The number of halogens is 2. The maximum Gasteiger partial charge on any atom is 0.271 e.